The number of sulfone groups is 1. The van der Waals surface area contributed by atoms with E-state index in [2.05, 4.69) is 10.9 Å². The van der Waals surface area contributed by atoms with Crippen molar-refractivity contribution in [3.8, 4) is 12.3 Å². The van der Waals surface area contributed by atoms with E-state index >= 15 is 0 Å². The van der Waals surface area contributed by atoms with Crippen LogP contribution in [0.1, 0.15) is 16.8 Å². The first-order valence-corrected chi connectivity index (χ1v) is 8.19. The standard InChI is InChI=1S/C13H13ClN2O3S/c1-2-6-16(11-5-7-20(18,19)9-11)13(17)10-3-4-12(14)15-8-10/h1,3-4,8,11H,5-7,9H2. The number of pyridine rings is 1. The molecule has 1 atom stereocenters. The quantitative estimate of drug-likeness (QED) is 0.617. The van der Waals surface area contributed by atoms with Crippen LogP contribution < -0.4 is 0 Å². The Hall–Kier alpha value is -1.58. The van der Waals surface area contributed by atoms with Crippen LogP contribution in [0.2, 0.25) is 5.15 Å². The second-order valence-corrected chi connectivity index (χ2v) is 7.18. The van der Waals surface area contributed by atoms with Gasteiger partial charge in [0.05, 0.1) is 23.6 Å². The number of hydrogen-bond acceptors (Lipinski definition) is 4. The lowest BCUT2D eigenvalue weighted by Crippen LogP contribution is -2.41. The van der Waals surface area contributed by atoms with E-state index in [4.69, 9.17) is 18.0 Å². The molecule has 1 amide bonds. The van der Waals surface area contributed by atoms with E-state index < -0.39 is 9.84 Å². The molecule has 0 aromatic carbocycles. The molecule has 0 saturated carbocycles. The SMILES string of the molecule is C#CCN(C(=O)c1ccc(Cl)nc1)C1CCS(=O)(=O)C1. The Morgan fingerprint density at radius 2 is 2.30 bits per heavy atom. The van der Waals surface area contributed by atoms with Crippen LogP contribution in [0.4, 0.5) is 0 Å². The molecule has 1 fully saturated rings. The minimum Gasteiger partial charge on any atom is -0.323 e. The fourth-order valence-corrected chi connectivity index (χ4v) is 4.00. The maximum atomic E-state index is 12.4. The molecule has 1 aromatic heterocycles. The van der Waals surface area contributed by atoms with Crippen molar-refractivity contribution in [2.75, 3.05) is 18.1 Å². The highest BCUT2D eigenvalue weighted by Gasteiger charge is 2.34. The molecule has 0 bridgehead atoms. The number of carbonyl (C=O) groups excluding carboxylic acids is 1. The van der Waals surface area contributed by atoms with E-state index in [1.807, 2.05) is 0 Å². The van der Waals surface area contributed by atoms with Gasteiger partial charge in [0.15, 0.2) is 9.84 Å². The Balaban J connectivity index is 2.23. The summed E-state index contributed by atoms with van der Waals surface area (Å²) in [7, 11) is -3.08. The summed E-state index contributed by atoms with van der Waals surface area (Å²) >= 11 is 5.67. The number of rotatable bonds is 3. The molecule has 7 heteroatoms. The smallest absolute Gasteiger partial charge is 0.256 e. The van der Waals surface area contributed by atoms with Gasteiger partial charge in [0.1, 0.15) is 5.15 Å². The van der Waals surface area contributed by atoms with Crippen LogP contribution in [0.5, 0.6) is 0 Å². The van der Waals surface area contributed by atoms with Crippen LogP contribution in [-0.4, -0.2) is 48.3 Å². The molecule has 0 N–H and O–H groups in total. The van der Waals surface area contributed by atoms with E-state index in [9.17, 15) is 13.2 Å². The van der Waals surface area contributed by atoms with Crippen molar-refractivity contribution in [3.63, 3.8) is 0 Å². The third-order valence-corrected chi connectivity index (χ3v) is 5.12. The molecule has 2 rings (SSSR count). The average Bonchev–Trinajstić information content (AvgIpc) is 2.76. The van der Waals surface area contributed by atoms with Gasteiger partial charge in [-0.2, -0.15) is 0 Å². The van der Waals surface area contributed by atoms with Gasteiger partial charge in [-0.3, -0.25) is 4.79 Å². The molecule has 1 aromatic rings. The second kappa shape index (κ2) is 5.81. The molecule has 1 saturated heterocycles. The summed E-state index contributed by atoms with van der Waals surface area (Å²) in [5, 5.41) is 0.286. The highest BCUT2D eigenvalue weighted by Crippen LogP contribution is 2.20. The predicted molar refractivity (Wildman–Crippen MR) is 76.2 cm³/mol. The molecular weight excluding hydrogens is 300 g/mol. The maximum Gasteiger partial charge on any atom is 0.256 e. The van der Waals surface area contributed by atoms with Gasteiger partial charge in [-0.25, -0.2) is 13.4 Å². The topological polar surface area (TPSA) is 67.3 Å². The van der Waals surface area contributed by atoms with Crippen LogP contribution in [0.3, 0.4) is 0 Å². The molecule has 2 heterocycles. The minimum atomic E-state index is -3.08. The average molecular weight is 313 g/mol. The van der Waals surface area contributed by atoms with Gasteiger partial charge in [0, 0.05) is 12.2 Å². The van der Waals surface area contributed by atoms with Crippen molar-refractivity contribution < 1.29 is 13.2 Å². The van der Waals surface area contributed by atoms with Crippen molar-refractivity contribution in [1.29, 1.82) is 0 Å². The first-order chi connectivity index (χ1) is 9.43. The first-order valence-electron chi connectivity index (χ1n) is 5.99. The molecule has 1 aliphatic rings. The molecule has 0 aliphatic carbocycles. The largest absolute Gasteiger partial charge is 0.323 e. The highest BCUT2D eigenvalue weighted by molar-refractivity contribution is 7.91. The predicted octanol–water partition coefficient (Wildman–Crippen LogP) is 0.998. The molecular formula is C13H13ClN2O3S. The van der Waals surface area contributed by atoms with E-state index in [0.29, 0.717) is 12.0 Å². The van der Waals surface area contributed by atoms with Crippen molar-refractivity contribution in [2.45, 2.75) is 12.5 Å². The van der Waals surface area contributed by atoms with Crippen molar-refractivity contribution >= 4 is 27.3 Å². The number of hydrogen-bond donors (Lipinski definition) is 0. The molecule has 20 heavy (non-hydrogen) atoms. The Kier molecular flexibility index (Phi) is 4.31. The van der Waals surface area contributed by atoms with Gasteiger partial charge in [-0.15, -0.1) is 6.42 Å². The highest BCUT2D eigenvalue weighted by atomic mass is 35.5. The van der Waals surface area contributed by atoms with Gasteiger partial charge in [-0.1, -0.05) is 17.5 Å². The number of halogens is 1. The number of amides is 1. The number of terminal acetylenes is 1. The summed E-state index contributed by atoms with van der Waals surface area (Å²) in [6, 6.07) is 2.68. The van der Waals surface area contributed by atoms with E-state index in [1.54, 1.807) is 6.07 Å². The lowest BCUT2D eigenvalue weighted by atomic mass is 10.1. The van der Waals surface area contributed by atoms with Gasteiger partial charge in [0.2, 0.25) is 0 Å². The summed E-state index contributed by atoms with van der Waals surface area (Å²) in [5.41, 5.74) is 0.342. The summed E-state index contributed by atoms with van der Waals surface area (Å²) in [5.74, 6) is 2.12. The second-order valence-electron chi connectivity index (χ2n) is 4.56. The zero-order valence-electron chi connectivity index (χ0n) is 10.6. The lowest BCUT2D eigenvalue weighted by Gasteiger charge is -2.26. The summed E-state index contributed by atoms with van der Waals surface area (Å²) in [6.45, 7) is 0.0711. The molecule has 106 valence electrons. The third-order valence-electron chi connectivity index (χ3n) is 3.15. The molecule has 0 spiro atoms. The van der Waals surface area contributed by atoms with Gasteiger partial charge in [-0.05, 0) is 18.6 Å². The van der Waals surface area contributed by atoms with Crippen LogP contribution in [0, 0.1) is 12.3 Å². The fraction of sp³-hybridized carbons (Fsp3) is 0.385. The third kappa shape index (κ3) is 3.30. The number of carbonyl (C=O) groups is 1. The van der Waals surface area contributed by atoms with E-state index in [0.717, 1.165) is 0 Å². The Morgan fingerprint density at radius 1 is 1.55 bits per heavy atom. The molecule has 1 aliphatic heterocycles. The van der Waals surface area contributed by atoms with E-state index in [1.165, 1.54) is 17.2 Å². The van der Waals surface area contributed by atoms with E-state index in [-0.39, 0.29) is 35.2 Å². The maximum absolute atomic E-state index is 12.4. The van der Waals surface area contributed by atoms with Crippen LogP contribution in [0.15, 0.2) is 18.3 Å². The van der Waals surface area contributed by atoms with Crippen molar-refractivity contribution in [1.82, 2.24) is 9.88 Å². The lowest BCUT2D eigenvalue weighted by molar-refractivity contribution is 0.0724. The number of nitrogens with zero attached hydrogens (tertiary/aromatic N) is 2. The van der Waals surface area contributed by atoms with Crippen LogP contribution in [0.25, 0.3) is 0 Å². The molecule has 1 unspecified atom stereocenters. The zero-order valence-corrected chi connectivity index (χ0v) is 12.2. The van der Waals surface area contributed by atoms with Gasteiger partial charge < -0.3 is 4.90 Å². The van der Waals surface area contributed by atoms with Gasteiger partial charge >= 0.3 is 0 Å². The van der Waals surface area contributed by atoms with Crippen molar-refractivity contribution in [3.05, 3.63) is 29.0 Å². The monoisotopic (exact) mass is 312 g/mol. The first kappa shape index (κ1) is 14.8. The molecule has 0 radical (unpaired) electrons. The Labute approximate surface area is 122 Å². The summed E-state index contributed by atoms with van der Waals surface area (Å²) in [6.07, 6.45) is 7.05. The normalized spacial score (nSPS) is 20.3. The summed E-state index contributed by atoms with van der Waals surface area (Å²) < 4.78 is 23.1. The fourth-order valence-electron chi connectivity index (χ4n) is 2.15. The summed E-state index contributed by atoms with van der Waals surface area (Å²) in [4.78, 5) is 17.7. The van der Waals surface area contributed by atoms with Crippen molar-refractivity contribution in [2.24, 2.45) is 0 Å². The molecule has 5 nitrogen and oxygen atoms in total. The van der Waals surface area contributed by atoms with Gasteiger partial charge in [0.25, 0.3) is 5.91 Å². The van der Waals surface area contributed by atoms with Crippen LogP contribution in [-0.2, 0) is 9.84 Å². The Morgan fingerprint density at radius 3 is 2.80 bits per heavy atom. The number of aromatic nitrogens is 1. The van der Waals surface area contributed by atoms with Crippen LogP contribution >= 0.6 is 11.6 Å². The minimum absolute atomic E-state index is 0.0402. The Bertz CT molecular complexity index is 649. The zero-order chi connectivity index (χ0) is 14.8.